The lowest BCUT2D eigenvalue weighted by atomic mass is 10.1. The Morgan fingerprint density at radius 3 is 2.80 bits per heavy atom. The quantitative estimate of drug-likeness (QED) is 0.808. The van der Waals surface area contributed by atoms with Crippen LogP contribution in [0.2, 0.25) is 0 Å². The molecule has 1 aliphatic rings. The highest BCUT2D eigenvalue weighted by Crippen LogP contribution is 2.40. The van der Waals surface area contributed by atoms with Gasteiger partial charge in [0.2, 0.25) is 0 Å². The van der Waals surface area contributed by atoms with E-state index < -0.39 is 12.8 Å². The lowest BCUT2D eigenvalue weighted by Crippen LogP contribution is -2.29. The second-order valence-electron chi connectivity index (χ2n) is 6.20. The van der Waals surface area contributed by atoms with Crippen LogP contribution in [0.5, 0.6) is 0 Å². The summed E-state index contributed by atoms with van der Waals surface area (Å²) < 4.78 is 42.2. The second-order valence-corrected chi connectivity index (χ2v) is 6.20. The molecule has 0 saturated heterocycles. The van der Waals surface area contributed by atoms with Crippen molar-refractivity contribution in [2.75, 3.05) is 19.8 Å². The van der Waals surface area contributed by atoms with Crippen molar-refractivity contribution in [2.24, 2.45) is 7.05 Å². The van der Waals surface area contributed by atoms with Crippen LogP contribution in [-0.2, 0) is 11.8 Å². The summed E-state index contributed by atoms with van der Waals surface area (Å²) in [6, 6.07) is 1.76. The molecule has 1 aliphatic carbocycles. The Kier molecular flexibility index (Phi) is 4.68. The molecular formula is C16H19F3N4O2. The number of nitrogens with one attached hydrogen (secondary N) is 1. The van der Waals surface area contributed by atoms with Gasteiger partial charge in [-0.25, -0.2) is 4.98 Å². The van der Waals surface area contributed by atoms with Crippen molar-refractivity contribution >= 4 is 16.9 Å². The number of nitrogens with zero attached hydrogens (tertiary/aromatic N) is 3. The van der Waals surface area contributed by atoms with E-state index in [-0.39, 0.29) is 19.1 Å². The Bertz CT molecular complexity index is 797. The summed E-state index contributed by atoms with van der Waals surface area (Å²) in [7, 11) is 1.77. The number of alkyl halides is 3. The minimum Gasteiger partial charge on any atom is -0.370 e. The number of hydrogen-bond donors (Lipinski definition) is 1. The van der Waals surface area contributed by atoms with Gasteiger partial charge in [-0.15, -0.1) is 0 Å². The Labute approximate surface area is 142 Å². The number of ether oxygens (including phenoxy) is 1. The van der Waals surface area contributed by atoms with Crippen LogP contribution in [0.15, 0.2) is 6.07 Å². The van der Waals surface area contributed by atoms with Crippen LogP contribution in [0.3, 0.4) is 0 Å². The van der Waals surface area contributed by atoms with Crippen molar-refractivity contribution < 1.29 is 22.7 Å². The number of hydrogen-bond acceptors (Lipinski definition) is 4. The highest BCUT2D eigenvalue weighted by Gasteiger charge is 2.29. The highest BCUT2D eigenvalue weighted by atomic mass is 19.4. The molecule has 2 aromatic rings. The number of pyridine rings is 1. The average Bonchev–Trinajstić information content (AvgIpc) is 3.32. The van der Waals surface area contributed by atoms with E-state index in [1.165, 1.54) is 0 Å². The Balaban J connectivity index is 1.74. The smallest absolute Gasteiger partial charge is 0.370 e. The van der Waals surface area contributed by atoms with Gasteiger partial charge in [0.15, 0.2) is 5.65 Å². The molecule has 1 amide bonds. The van der Waals surface area contributed by atoms with E-state index in [4.69, 9.17) is 0 Å². The molecule has 25 heavy (non-hydrogen) atoms. The fourth-order valence-electron chi connectivity index (χ4n) is 2.75. The molecule has 0 unspecified atom stereocenters. The number of fused-ring (bicyclic) bond motifs is 1. The van der Waals surface area contributed by atoms with Crippen LogP contribution >= 0.6 is 0 Å². The molecule has 1 fully saturated rings. The first-order valence-corrected chi connectivity index (χ1v) is 8.03. The molecule has 0 bridgehead atoms. The van der Waals surface area contributed by atoms with Gasteiger partial charge in [-0.05, 0) is 25.8 Å². The highest BCUT2D eigenvalue weighted by molar-refractivity contribution is 6.06. The number of halogens is 3. The third-order valence-corrected chi connectivity index (χ3v) is 4.03. The van der Waals surface area contributed by atoms with Gasteiger partial charge < -0.3 is 10.1 Å². The minimum absolute atomic E-state index is 0.00317. The lowest BCUT2D eigenvalue weighted by molar-refractivity contribution is -0.173. The summed E-state index contributed by atoms with van der Waals surface area (Å²) >= 11 is 0. The summed E-state index contributed by atoms with van der Waals surface area (Å²) in [6.45, 7) is 0.262. The van der Waals surface area contributed by atoms with Crippen molar-refractivity contribution in [2.45, 2.75) is 31.9 Å². The van der Waals surface area contributed by atoms with Crippen molar-refractivity contribution in [1.29, 1.82) is 0 Å². The number of aromatic nitrogens is 3. The van der Waals surface area contributed by atoms with Crippen LogP contribution in [0, 0.1) is 6.92 Å². The molecular weight excluding hydrogens is 337 g/mol. The number of rotatable bonds is 6. The van der Waals surface area contributed by atoms with Gasteiger partial charge in [-0.2, -0.15) is 18.3 Å². The van der Waals surface area contributed by atoms with Crippen LogP contribution in [0.4, 0.5) is 13.2 Å². The molecule has 6 nitrogen and oxygen atoms in total. The molecule has 9 heteroatoms. The number of amides is 1. The van der Waals surface area contributed by atoms with Gasteiger partial charge in [0.05, 0.1) is 23.3 Å². The topological polar surface area (TPSA) is 69.0 Å². The Hall–Kier alpha value is -2.16. The summed E-state index contributed by atoms with van der Waals surface area (Å²) in [4.78, 5) is 17.1. The molecule has 1 saturated carbocycles. The largest absolute Gasteiger partial charge is 0.411 e. The molecule has 2 heterocycles. The van der Waals surface area contributed by atoms with Gasteiger partial charge in [-0.1, -0.05) is 0 Å². The van der Waals surface area contributed by atoms with Crippen LogP contribution in [0.25, 0.3) is 11.0 Å². The molecule has 0 aromatic carbocycles. The van der Waals surface area contributed by atoms with Gasteiger partial charge in [0.1, 0.15) is 6.61 Å². The SMILES string of the molecule is Cc1nn(C)c2nc(C3CC3)cc(C(=O)NCCOCC(F)(F)F)c12. The zero-order chi connectivity index (χ0) is 18.2. The molecule has 0 radical (unpaired) electrons. The first kappa shape index (κ1) is 17.7. The molecule has 136 valence electrons. The van der Waals surface area contributed by atoms with Crippen LogP contribution in [-0.4, -0.2) is 46.6 Å². The predicted octanol–water partition coefficient (Wildman–Crippen LogP) is 2.46. The Morgan fingerprint density at radius 2 is 2.16 bits per heavy atom. The maximum absolute atomic E-state index is 12.5. The molecule has 1 N–H and O–H groups in total. The summed E-state index contributed by atoms with van der Waals surface area (Å²) in [5.41, 5.74) is 2.63. The van der Waals surface area contributed by atoms with Crippen molar-refractivity contribution in [1.82, 2.24) is 20.1 Å². The summed E-state index contributed by atoms with van der Waals surface area (Å²) in [5.74, 6) is 0.00211. The zero-order valence-corrected chi connectivity index (χ0v) is 14.0. The fourth-order valence-corrected chi connectivity index (χ4v) is 2.75. The van der Waals surface area contributed by atoms with Crippen LogP contribution in [0.1, 0.15) is 40.5 Å². The average molecular weight is 356 g/mol. The normalized spacial score (nSPS) is 14.9. The van der Waals surface area contributed by atoms with E-state index in [2.05, 4.69) is 20.1 Å². The van der Waals surface area contributed by atoms with Gasteiger partial charge >= 0.3 is 6.18 Å². The van der Waals surface area contributed by atoms with E-state index >= 15 is 0 Å². The van der Waals surface area contributed by atoms with E-state index in [0.29, 0.717) is 28.2 Å². The van der Waals surface area contributed by atoms with Crippen molar-refractivity contribution in [3.8, 4) is 0 Å². The lowest BCUT2D eigenvalue weighted by Gasteiger charge is -2.10. The predicted molar refractivity (Wildman–Crippen MR) is 84.4 cm³/mol. The molecule has 0 aliphatic heterocycles. The van der Waals surface area contributed by atoms with E-state index in [1.54, 1.807) is 24.7 Å². The number of carbonyl (C=O) groups excluding carboxylic acids is 1. The molecule has 0 spiro atoms. The first-order chi connectivity index (χ1) is 11.8. The Morgan fingerprint density at radius 1 is 1.44 bits per heavy atom. The fraction of sp³-hybridized carbons (Fsp3) is 0.562. The third-order valence-electron chi connectivity index (χ3n) is 4.03. The maximum Gasteiger partial charge on any atom is 0.411 e. The molecule has 0 atom stereocenters. The van der Waals surface area contributed by atoms with Crippen molar-refractivity contribution in [3.05, 3.63) is 23.0 Å². The van der Waals surface area contributed by atoms with Gasteiger partial charge in [0, 0.05) is 25.2 Å². The van der Waals surface area contributed by atoms with Gasteiger partial charge in [0.25, 0.3) is 5.91 Å². The molecule has 2 aromatic heterocycles. The standard InChI is InChI=1S/C16H19F3N4O2/c1-9-13-11(15(24)20-5-6-25-8-16(17,18)19)7-12(10-3-4-10)21-14(13)23(2)22-9/h7,10H,3-6,8H2,1-2H3,(H,20,24). The third kappa shape index (κ3) is 4.09. The van der Waals surface area contributed by atoms with Crippen LogP contribution < -0.4 is 5.32 Å². The second kappa shape index (κ2) is 6.62. The summed E-state index contributed by atoms with van der Waals surface area (Å²) in [6.07, 6.45) is -2.28. The zero-order valence-electron chi connectivity index (χ0n) is 14.0. The van der Waals surface area contributed by atoms with E-state index in [1.807, 2.05) is 0 Å². The maximum atomic E-state index is 12.5. The number of aryl methyl sites for hydroxylation is 2. The first-order valence-electron chi connectivity index (χ1n) is 8.03. The monoisotopic (exact) mass is 356 g/mol. The minimum atomic E-state index is -4.37. The summed E-state index contributed by atoms with van der Waals surface area (Å²) in [5, 5.41) is 7.59. The van der Waals surface area contributed by atoms with E-state index in [0.717, 1.165) is 18.5 Å². The number of carbonyl (C=O) groups is 1. The van der Waals surface area contributed by atoms with Gasteiger partial charge in [-0.3, -0.25) is 9.48 Å². The molecule has 3 rings (SSSR count). The van der Waals surface area contributed by atoms with Crippen molar-refractivity contribution in [3.63, 3.8) is 0 Å². The van der Waals surface area contributed by atoms with E-state index in [9.17, 15) is 18.0 Å².